The molecule has 0 bridgehead atoms. The maximum Gasteiger partial charge on any atom is 0.269 e. The summed E-state index contributed by atoms with van der Waals surface area (Å²) in [6.45, 7) is 4.10. The second-order valence-electron chi connectivity index (χ2n) is 4.64. The van der Waals surface area contributed by atoms with Crippen molar-refractivity contribution in [2.75, 3.05) is 5.73 Å². The summed E-state index contributed by atoms with van der Waals surface area (Å²) >= 11 is 0. The Morgan fingerprint density at radius 1 is 1.20 bits per heavy atom. The average molecular weight is 272 g/mol. The van der Waals surface area contributed by atoms with Crippen LogP contribution < -0.4 is 10.5 Å². The fraction of sp³-hybridized carbons (Fsp3) is 0.200. The molecule has 0 radical (unpaired) electrons. The summed E-state index contributed by atoms with van der Waals surface area (Å²) in [4.78, 5) is 10.3. The molecule has 2 rings (SSSR count). The molecule has 0 amide bonds. The van der Waals surface area contributed by atoms with E-state index in [4.69, 9.17) is 10.5 Å². The van der Waals surface area contributed by atoms with Gasteiger partial charge in [0.25, 0.3) is 5.69 Å². The molecular formula is C15H16N2O3. The van der Waals surface area contributed by atoms with E-state index in [0.29, 0.717) is 18.0 Å². The van der Waals surface area contributed by atoms with Gasteiger partial charge in [0.15, 0.2) is 0 Å². The third kappa shape index (κ3) is 2.88. The first-order valence-electron chi connectivity index (χ1n) is 6.21. The van der Waals surface area contributed by atoms with E-state index in [1.165, 1.54) is 12.1 Å². The summed E-state index contributed by atoms with van der Waals surface area (Å²) in [6, 6.07) is 10.2. The Labute approximate surface area is 117 Å². The fourth-order valence-electron chi connectivity index (χ4n) is 1.98. The van der Waals surface area contributed by atoms with Crippen LogP contribution in [0.4, 0.5) is 11.4 Å². The molecule has 5 nitrogen and oxygen atoms in total. The molecule has 5 heteroatoms. The van der Waals surface area contributed by atoms with Crippen molar-refractivity contribution in [3.8, 4) is 5.75 Å². The van der Waals surface area contributed by atoms with Gasteiger partial charge in [0.2, 0.25) is 0 Å². The fourth-order valence-corrected chi connectivity index (χ4v) is 1.98. The molecule has 0 aromatic heterocycles. The zero-order chi connectivity index (χ0) is 14.7. The van der Waals surface area contributed by atoms with Crippen LogP contribution in [0, 0.1) is 24.0 Å². The van der Waals surface area contributed by atoms with Crippen LogP contribution >= 0.6 is 0 Å². The minimum Gasteiger partial charge on any atom is -0.489 e. The van der Waals surface area contributed by atoms with Gasteiger partial charge in [-0.25, -0.2) is 0 Å². The number of hydrogen-bond donors (Lipinski definition) is 1. The second kappa shape index (κ2) is 5.61. The summed E-state index contributed by atoms with van der Waals surface area (Å²) in [5.41, 5.74) is 9.39. The normalized spacial score (nSPS) is 10.3. The highest BCUT2D eigenvalue weighted by atomic mass is 16.6. The summed E-state index contributed by atoms with van der Waals surface area (Å²) in [7, 11) is 0. The van der Waals surface area contributed by atoms with E-state index < -0.39 is 4.92 Å². The first-order chi connectivity index (χ1) is 9.49. The second-order valence-corrected chi connectivity index (χ2v) is 4.64. The van der Waals surface area contributed by atoms with Gasteiger partial charge in [-0.2, -0.15) is 0 Å². The number of ether oxygens (including phenoxy) is 1. The van der Waals surface area contributed by atoms with Gasteiger partial charge in [-0.05, 0) is 37.1 Å². The van der Waals surface area contributed by atoms with E-state index in [2.05, 4.69) is 0 Å². The van der Waals surface area contributed by atoms with E-state index in [1.807, 2.05) is 25.1 Å². The molecule has 0 aliphatic carbocycles. The Balaban J connectivity index is 2.17. The number of anilines is 1. The Morgan fingerprint density at radius 3 is 2.55 bits per heavy atom. The summed E-state index contributed by atoms with van der Waals surface area (Å²) < 4.78 is 5.72. The first kappa shape index (κ1) is 13.9. The van der Waals surface area contributed by atoms with Crippen molar-refractivity contribution in [1.82, 2.24) is 0 Å². The first-order valence-corrected chi connectivity index (χ1v) is 6.21. The van der Waals surface area contributed by atoms with Crippen LogP contribution in [0.1, 0.15) is 16.7 Å². The van der Waals surface area contributed by atoms with Crippen LogP contribution in [-0.2, 0) is 6.61 Å². The quantitative estimate of drug-likeness (QED) is 0.525. The molecule has 0 fully saturated rings. The minimum absolute atomic E-state index is 0.0604. The van der Waals surface area contributed by atoms with Crippen molar-refractivity contribution in [2.24, 2.45) is 0 Å². The maximum absolute atomic E-state index is 10.7. The van der Waals surface area contributed by atoms with Gasteiger partial charge in [-0.15, -0.1) is 0 Å². The molecule has 2 N–H and O–H groups in total. The van der Waals surface area contributed by atoms with Crippen LogP contribution in [0.25, 0.3) is 0 Å². The van der Waals surface area contributed by atoms with Crippen LogP contribution in [-0.4, -0.2) is 4.92 Å². The van der Waals surface area contributed by atoms with Gasteiger partial charge in [-0.3, -0.25) is 10.1 Å². The number of nitrogen functional groups attached to an aromatic ring is 1. The molecular weight excluding hydrogens is 256 g/mol. The number of nitro groups is 1. The number of nitrogens with two attached hydrogens (primary N) is 1. The minimum atomic E-state index is -0.421. The lowest BCUT2D eigenvalue weighted by atomic mass is 10.1. The highest BCUT2D eigenvalue weighted by Gasteiger charge is 2.10. The topological polar surface area (TPSA) is 78.4 Å². The summed E-state index contributed by atoms with van der Waals surface area (Å²) in [5.74, 6) is 0.623. The molecule has 0 aliphatic rings. The largest absolute Gasteiger partial charge is 0.489 e. The van der Waals surface area contributed by atoms with E-state index in [1.54, 1.807) is 13.0 Å². The van der Waals surface area contributed by atoms with Crippen molar-refractivity contribution in [2.45, 2.75) is 20.5 Å². The van der Waals surface area contributed by atoms with Crippen molar-refractivity contribution in [3.05, 3.63) is 63.2 Å². The van der Waals surface area contributed by atoms with Crippen LogP contribution in [0.2, 0.25) is 0 Å². The third-order valence-electron chi connectivity index (χ3n) is 3.19. The predicted molar refractivity (Wildman–Crippen MR) is 77.8 cm³/mol. The number of nitrogens with zero attached hydrogens (tertiary/aromatic N) is 1. The van der Waals surface area contributed by atoms with Gasteiger partial charge >= 0.3 is 0 Å². The Morgan fingerprint density at radius 2 is 1.95 bits per heavy atom. The predicted octanol–water partition coefficient (Wildman–Crippen LogP) is 3.37. The molecule has 0 spiro atoms. The monoisotopic (exact) mass is 272 g/mol. The molecule has 2 aromatic rings. The molecule has 0 unspecified atom stereocenters. The highest BCUT2D eigenvalue weighted by Crippen LogP contribution is 2.25. The zero-order valence-corrected chi connectivity index (χ0v) is 11.4. The summed E-state index contributed by atoms with van der Waals surface area (Å²) in [6.07, 6.45) is 0. The molecule has 104 valence electrons. The van der Waals surface area contributed by atoms with Crippen LogP contribution in [0.3, 0.4) is 0 Å². The van der Waals surface area contributed by atoms with Gasteiger partial charge < -0.3 is 10.5 Å². The molecule has 0 atom stereocenters. The Kier molecular flexibility index (Phi) is 3.89. The summed E-state index contributed by atoms with van der Waals surface area (Å²) in [5, 5.41) is 10.7. The lowest BCUT2D eigenvalue weighted by Crippen LogP contribution is -2.03. The number of nitro benzene ring substituents is 1. The lowest BCUT2D eigenvalue weighted by Gasteiger charge is -2.12. The standard InChI is InChI=1S/C15H16N2O3/c1-10-4-3-5-14(16)13(10)9-20-15-7-6-12(17(18)19)8-11(15)2/h3-8H,9,16H2,1-2H3. The maximum atomic E-state index is 10.7. The van der Waals surface area contributed by atoms with Gasteiger partial charge in [-0.1, -0.05) is 12.1 Å². The number of non-ortho nitro benzene ring substituents is 1. The SMILES string of the molecule is Cc1cc([N+](=O)[O-])ccc1OCc1c(C)cccc1N. The number of hydrogen-bond acceptors (Lipinski definition) is 4. The molecule has 2 aromatic carbocycles. The van der Waals surface area contributed by atoms with Crippen LogP contribution in [0.5, 0.6) is 5.75 Å². The Hall–Kier alpha value is -2.56. The lowest BCUT2D eigenvalue weighted by molar-refractivity contribution is -0.384. The van der Waals surface area contributed by atoms with Crippen LogP contribution in [0.15, 0.2) is 36.4 Å². The van der Waals surface area contributed by atoms with Crippen molar-refractivity contribution in [1.29, 1.82) is 0 Å². The zero-order valence-electron chi connectivity index (χ0n) is 11.4. The number of benzene rings is 2. The van der Waals surface area contributed by atoms with Crippen molar-refractivity contribution in [3.63, 3.8) is 0 Å². The molecule has 20 heavy (non-hydrogen) atoms. The van der Waals surface area contributed by atoms with E-state index in [-0.39, 0.29) is 5.69 Å². The van der Waals surface area contributed by atoms with Gasteiger partial charge in [0.05, 0.1) is 4.92 Å². The van der Waals surface area contributed by atoms with Crippen molar-refractivity contribution >= 4 is 11.4 Å². The van der Waals surface area contributed by atoms with E-state index in [0.717, 1.165) is 16.7 Å². The molecule has 0 saturated heterocycles. The smallest absolute Gasteiger partial charge is 0.269 e. The number of aryl methyl sites for hydroxylation is 2. The van der Waals surface area contributed by atoms with Gasteiger partial charge in [0.1, 0.15) is 12.4 Å². The van der Waals surface area contributed by atoms with Gasteiger partial charge in [0, 0.05) is 23.4 Å². The molecule has 0 heterocycles. The van der Waals surface area contributed by atoms with Crippen molar-refractivity contribution < 1.29 is 9.66 Å². The van der Waals surface area contributed by atoms with E-state index in [9.17, 15) is 10.1 Å². The average Bonchev–Trinajstić information content (AvgIpc) is 2.39. The highest BCUT2D eigenvalue weighted by molar-refractivity contribution is 5.50. The molecule has 0 aliphatic heterocycles. The van der Waals surface area contributed by atoms with E-state index >= 15 is 0 Å². The third-order valence-corrected chi connectivity index (χ3v) is 3.19. The Bertz CT molecular complexity index is 633. The number of rotatable bonds is 4. The molecule has 0 saturated carbocycles.